The average molecular weight is 797 g/mol. The highest BCUT2D eigenvalue weighted by molar-refractivity contribution is 7.46. The van der Waals surface area contributed by atoms with Crippen molar-refractivity contribution >= 4 is 19.8 Å². The Hall–Kier alpha value is -2.03. The molecule has 0 amide bonds. The standard InChI is InChI=1S/C45H81O9P/c1-4-5-6-7-19-25-30-35-42(46)36-31-26-21-18-23-27-32-37-44(47)52-39-43(40-53-55(49,50)51)54-45(48)38-33-28-22-17-15-13-11-9-8-10-12-14-16-20-24-29-34-41(2)3/h18-19,23,25-26,30-31,35,41-43,46H,4-17,20-22,24,27-29,32-34,36-40H2,1-3H3,(H2,49,50,51)/b23-18+,25-19-,31-26-,35-30-/t42-,43-/m1/s1. The maximum Gasteiger partial charge on any atom is 0.469 e. The minimum atomic E-state index is -4.78. The van der Waals surface area contributed by atoms with Crippen LogP contribution in [0.15, 0.2) is 48.6 Å². The third-order valence-electron chi connectivity index (χ3n) is 9.36. The normalized spacial score (nSPS) is 13.6. The molecule has 0 rings (SSSR count). The summed E-state index contributed by atoms with van der Waals surface area (Å²) >= 11 is 0. The van der Waals surface area contributed by atoms with Crippen LogP contribution in [0.4, 0.5) is 0 Å². The molecule has 0 aliphatic carbocycles. The smallest absolute Gasteiger partial charge is 0.462 e. The van der Waals surface area contributed by atoms with E-state index >= 15 is 0 Å². The summed E-state index contributed by atoms with van der Waals surface area (Å²) in [7, 11) is -4.78. The molecule has 55 heavy (non-hydrogen) atoms. The van der Waals surface area contributed by atoms with Gasteiger partial charge in [0.05, 0.1) is 12.7 Å². The molecule has 0 aromatic carbocycles. The van der Waals surface area contributed by atoms with Crippen LogP contribution in [0.5, 0.6) is 0 Å². The Balaban J connectivity index is 4.02. The highest BCUT2D eigenvalue weighted by Crippen LogP contribution is 2.36. The SMILES string of the molecule is CCCCC/C=C\C=C/[C@@H](O)C/C=C\C/C=C/CCCC(=O)OC[C@H](COP(=O)(O)O)OC(=O)CCCCCCCCCCCCCCCCCCC(C)C. The highest BCUT2D eigenvalue weighted by atomic mass is 31.2. The van der Waals surface area contributed by atoms with Crippen molar-refractivity contribution in [3.05, 3.63) is 48.6 Å². The van der Waals surface area contributed by atoms with E-state index in [0.717, 1.165) is 38.0 Å². The molecule has 0 aromatic heterocycles. The van der Waals surface area contributed by atoms with E-state index in [9.17, 15) is 19.3 Å². The Bertz CT molecular complexity index is 1060. The predicted octanol–water partition coefficient (Wildman–Crippen LogP) is 12.3. The van der Waals surface area contributed by atoms with Gasteiger partial charge in [-0.2, -0.15) is 0 Å². The number of hydrogen-bond acceptors (Lipinski definition) is 7. The Morgan fingerprint density at radius 1 is 0.618 bits per heavy atom. The number of phosphoric acid groups is 1. The van der Waals surface area contributed by atoms with Crippen LogP contribution in [0.3, 0.4) is 0 Å². The zero-order chi connectivity index (χ0) is 40.7. The zero-order valence-electron chi connectivity index (χ0n) is 35.1. The molecule has 2 atom stereocenters. The van der Waals surface area contributed by atoms with Gasteiger partial charge >= 0.3 is 19.8 Å². The van der Waals surface area contributed by atoms with E-state index in [4.69, 9.17) is 19.3 Å². The number of ether oxygens (including phenoxy) is 2. The van der Waals surface area contributed by atoms with Crippen molar-refractivity contribution in [2.45, 2.75) is 206 Å². The lowest BCUT2D eigenvalue weighted by molar-refractivity contribution is -0.161. The number of unbranched alkanes of at least 4 members (excludes halogenated alkanes) is 19. The van der Waals surface area contributed by atoms with E-state index in [1.165, 1.54) is 103 Å². The molecule has 0 heterocycles. The van der Waals surface area contributed by atoms with Gasteiger partial charge in [0, 0.05) is 12.8 Å². The van der Waals surface area contributed by atoms with Gasteiger partial charge in [-0.3, -0.25) is 14.1 Å². The number of aliphatic hydroxyl groups excluding tert-OH is 1. The van der Waals surface area contributed by atoms with Gasteiger partial charge in [0.15, 0.2) is 6.10 Å². The minimum absolute atomic E-state index is 0.157. The molecule has 0 unspecified atom stereocenters. The Labute approximate surface area is 336 Å². The number of esters is 2. The van der Waals surface area contributed by atoms with Crippen LogP contribution >= 0.6 is 7.82 Å². The zero-order valence-corrected chi connectivity index (χ0v) is 36.0. The van der Waals surface area contributed by atoms with Crippen LogP contribution < -0.4 is 0 Å². The first-order valence-corrected chi connectivity index (χ1v) is 23.4. The number of rotatable bonds is 39. The van der Waals surface area contributed by atoms with Gasteiger partial charge in [-0.1, -0.05) is 185 Å². The predicted molar refractivity (Wildman–Crippen MR) is 227 cm³/mol. The summed E-state index contributed by atoms with van der Waals surface area (Å²) in [5.74, 6) is -0.153. The van der Waals surface area contributed by atoms with E-state index in [1.807, 2.05) is 36.5 Å². The van der Waals surface area contributed by atoms with E-state index in [2.05, 4.69) is 31.4 Å². The molecular weight excluding hydrogens is 715 g/mol. The second-order valence-corrected chi connectivity index (χ2v) is 16.6. The maximum absolute atomic E-state index is 12.4. The molecule has 320 valence electrons. The van der Waals surface area contributed by atoms with E-state index in [-0.39, 0.29) is 19.4 Å². The van der Waals surface area contributed by atoms with Gasteiger partial charge < -0.3 is 24.4 Å². The molecule has 10 heteroatoms. The molecule has 0 aliphatic rings. The van der Waals surface area contributed by atoms with Crippen LogP contribution in [-0.4, -0.2) is 52.3 Å². The molecule has 0 bridgehead atoms. The summed E-state index contributed by atoms with van der Waals surface area (Å²) in [5.41, 5.74) is 0. The van der Waals surface area contributed by atoms with E-state index in [0.29, 0.717) is 25.7 Å². The first kappa shape index (κ1) is 53.0. The fraction of sp³-hybridized carbons (Fsp3) is 0.778. The summed E-state index contributed by atoms with van der Waals surface area (Å²) < 4.78 is 26.3. The topological polar surface area (TPSA) is 140 Å². The third-order valence-corrected chi connectivity index (χ3v) is 9.84. The van der Waals surface area contributed by atoms with Crippen LogP contribution in [0, 0.1) is 5.92 Å². The monoisotopic (exact) mass is 797 g/mol. The second kappa shape index (κ2) is 38.8. The quantitative estimate of drug-likeness (QED) is 0.0182. The number of carbonyl (C=O) groups is 2. The third kappa shape index (κ3) is 42.9. The fourth-order valence-corrected chi connectivity index (χ4v) is 6.40. The summed E-state index contributed by atoms with van der Waals surface area (Å²) in [6.07, 6.45) is 42.9. The fourth-order valence-electron chi connectivity index (χ4n) is 6.04. The van der Waals surface area contributed by atoms with Gasteiger partial charge in [-0.05, 0) is 50.9 Å². The van der Waals surface area contributed by atoms with Crippen molar-refractivity contribution < 1.29 is 43.0 Å². The van der Waals surface area contributed by atoms with Crippen molar-refractivity contribution in [3.63, 3.8) is 0 Å². The van der Waals surface area contributed by atoms with Crippen molar-refractivity contribution in [1.29, 1.82) is 0 Å². The molecular formula is C45H81O9P. The van der Waals surface area contributed by atoms with Crippen molar-refractivity contribution in [2.24, 2.45) is 5.92 Å². The Morgan fingerprint density at radius 2 is 1.16 bits per heavy atom. The lowest BCUT2D eigenvalue weighted by Crippen LogP contribution is -2.29. The molecule has 0 aliphatic heterocycles. The lowest BCUT2D eigenvalue weighted by atomic mass is 10.0. The van der Waals surface area contributed by atoms with Crippen molar-refractivity contribution in [1.82, 2.24) is 0 Å². The number of phosphoric ester groups is 1. The van der Waals surface area contributed by atoms with E-state index in [1.54, 1.807) is 6.08 Å². The number of hydrogen-bond donors (Lipinski definition) is 3. The van der Waals surface area contributed by atoms with Gasteiger partial charge in [-0.25, -0.2) is 4.57 Å². The largest absolute Gasteiger partial charge is 0.469 e. The summed E-state index contributed by atoms with van der Waals surface area (Å²) in [5, 5.41) is 10.0. The number of carbonyl (C=O) groups excluding carboxylic acids is 2. The average Bonchev–Trinajstić information content (AvgIpc) is 3.13. The maximum atomic E-state index is 12.4. The Kier molecular flexibility index (Phi) is 37.4. The summed E-state index contributed by atoms with van der Waals surface area (Å²) in [4.78, 5) is 42.9. The molecule has 0 radical (unpaired) electrons. The van der Waals surface area contributed by atoms with E-state index < -0.39 is 38.6 Å². The molecule has 0 fully saturated rings. The van der Waals surface area contributed by atoms with Crippen LogP contribution in [0.1, 0.15) is 194 Å². The molecule has 0 saturated heterocycles. The number of aliphatic hydroxyl groups is 1. The first-order valence-electron chi connectivity index (χ1n) is 21.9. The van der Waals surface area contributed by atoms with Gasteiger partial charge in [0.2, 0.25) is 0 Å². The molecule has 9 nitrogen and oxygen atoms in total. The molecule has 0 aromatic rings. The van der Waals surface area contributed by atoms with Crippen LogP contribution in [-0.2, 0) is 28.2 Å². The first-order chi connectivity index (χ1) is 26.5. The molecule has 3 N–H and O–H groups in total. The lowest BCUT2D eigenvalue weighted by Gasteiger charge is -2.18. The van der Waals surface area contributed by atoms with Crippen LogP contribution in [0.25, 0.3) is 0 Å². The second-order valence-electron chi connectivity index (χ2n) is 15.4. The van der Waals surface area contributed by atoms with Gasteiger partial charge in [0.25, 0.3) is 0 Å². The van der Waals surface area contributed by atoms with Gasteiger partial charge in [-0.15, -0.1) is 0 Å². The number of allylic oxidation sites excluding steroid dienone is 6. The highest BCUT2D eigenvalue weighted by Gasteiger charge is 2.22. The van der Waals surface area contributed by atoms with Crippen molar-refractivity contribution in [3.8, 4) is 0 Å². The van der Waals surface area contributed by atoms with Gasteiger partial charge in [0.1, 0.15) is 6.61 Å². The van der Waals surface area contributed by atoms with Crippen LogP contribution in [0.2, 0.25) is 0 Å². The molecule has 0 saturated carbocycles. The minimum Gasteiger partial charge on any atom is -0.462 e. The summed E-state index contributed by atoms with van der Waals surface area (Å²) in [6.45, 7) is 5.89. The Morgan fingerprint density at radius 3 is 1.75 bits per heavy atom. The summed E-state index contributed by atoms with van der Waals surface area (Å²) in [6, 6.07) is 0. The molecule has 0 spiro atoms. The van der Waals surface area contributed by atoms with Crippen molar-refractivity contribution in [2.75, 3.05) is 13.2 Å².